The average molecular weight is 297 g/mol. The first kappa shape index (κ1) is 12.7. The third-order valence-corrected chi connectivity index (χ3v) is 5.02. The van der Waals surface area contributed by atoms with Crippen molar-refractivity contribution >= 4 is 22.9 Å². The molecule has 4 nitrogen and oxygen atoms in total. The Labute approximate surface area is 126 Å². The van der Waals surface area contributed by atoms with E-state index >= 15 is 0 Å². The Balaban J connectivity index is 2.00. The fourth-order valence-corrected chi connectivity index (χ4v) is 4.05. The van der Waals surface area contributed by atoms with Crippen LogP contribution in [0.25, 0.3) is 16.9 Å². The first-order valence-corrected chi connectivity index (χ1v) is 8.19. The number of phenols is 1. The number of hydrogen-bond acceptors (Lipinski definition) is 4. The van der Waals surface area contributed by atoms with E-state index in [4.69, 9.17) is 4.98 Å². The van der Waals surface area contributed by atoms with Crippen molar-refractivity contribution in [2.75, 3.05) is 11.5 Å². The van der Waals surface area contributed by atoms with Crippen LogP contribution in [0.1, 0.15) is 18.2 Å². The van der Waals surface area contributed by atoms with Crippen LogP contribution in [0.15, 0.2) is 42.6 Å². The molecule has 1 aliphatic heterocycles. The molecule has 1 saturated heterocycles. The van der Waals surface area contributed by atoms with Gasteiger partial charge in [-0.25, -0.2) is 9.97 Å². The first-order valence-electron chi connectivity index (χ1n) is 7.04. The number of hydrogen-bond donors (Lipinski definition) is 1. The zero-order chi connectivity index (χ0) is 14.2. The smallest absolute Gasteiger partial charge is 0.164 e. The second-order valence-electron chi connectivity index (χ2n) is 5.20. The maximum absolute atomic E-state index is 10.2. The molecule has 4 rings (SSSR count). The van der Waals surface area contributed by atoms with E-state index in [9.17, 15) is 5.11 Å². The van der Waals surface area contributed by atoms with Crippen LogP contribution in [0.4, 0.5) is 0 Å². The van der Waals surface area contributed by atoms with Crippen LogP contribution in [-0.2, 0) is 0 Å². The summed E-state index contributed by atoms with van der Waals surface area (Å²) in [6.45, 7) is 0. The number of para-hydroxylation sites is 2. The highest BCUT2D eigenvalue weighted by Crippen LogP contribution is 2.36. The highest BCUT2D eigenvalue weighted by atomic mass is 32.2. The summed E-state index contributed by atoms with van der Waals surface area (Å²) in [6.07, 6.45) is 2.90. The Morgan fingerprint density at radius 1 is 1.19 bits per heavy atom. The minimum atomic E-state index is 0.259. The first-order chi connectivity index (χ1) is 10.3. The van der Waals surface area contributed by atoms with Gasteiger partial charge >= 0.3 is 0 Å². The largest absolute Gasteiger partial charge is 0.506 e. The van der Waals surface area contributed by atoms with E-state index in [-0.39, 0.29) is 5.75 Å². The number of pyridine rings is 1. The Kier molecular flexibility index (Phi) is 3.07. The van der Waals surface area contributed by atoms with Gasteiger partial charge in [0, 0.05) is 17.9 Å². The van der Waals surface area contributed by atoms with Crippen LogP contribution in [0.2, 0.25) is 0 Å². The molecule has 1 aliphatic rings. The number of nitrogens with zero attached hydrogens (tertiary/aromatic N) is 3. The Bertz CT molecular complexity index is 793. The van der Waals surface area contributed by atoms with Crippen molar-refractivity contribution in [1.29, 1.82) is 0 Å². The Hall–Kier alpha value is -2.01. The second-order valence-corrected chi connectivity index (χ2v) is 6.35. The molecule has 1 fully saturated rings. The lowest BCUT2D eigenvalue weighted by Crippen LogP contribution is -2.08. The van der Waals surface area contributed by atoms with Crippen molar-refractivity contribution in [3.8, 4) is 11.4 Å². The van der Waals surface area contributed by atoms with Gasteiger partial charge in [-0.1, -0.05) is 12.1 Å². The normalized spacial score (nSPS) is 18.4. The summed E-state index contributed by atoms with van der Waals surface area (Å²) < 4.78 is 2.02. The molecule has 21 heavy (non-hydrogen) atoms. The summed E-state index contributed by atoms with van der Waals surface area (Å²) in [4.78, 5) is 9.26. The van der Waals surface area contributed by atoms with Gasteiger partial charge in [0.05, 0.1) is 5.69 Å². The van der Waals surface area contributed by atoms with Crippen molar-refractivity contribution < 1.29 is 5.11 Å². The van der Waals surface area contributed by atoms with Gasteiger partial charge in [-0.05, 0) is 36.4 Å². The third kappa shape index (κ3) is 2.08. The van der Waals surface area contributed by atoms with Gasteiger partial charge in [-0.2, -0.15) is 11.8 Å². The van der Waals surface area contributed by atoms with Crippen LogP contribution < -0.4 is 0 Å². The Morgan fingerprint density at radius 3 is 2.90 bits per heavy atom. The molecular formula is C16H15N3OS. The summed E-state index contributed by atoms with van der Waals surface area (Å²) in [6, 6.07) is 11.3. The molecule has 1 atom stereocenters. The zero-order valence-corrected chi connectivity index (χ0v) is 12.3. The van der Waals surface area contributed by atoms with Crippen LogP contribution in [0, 0.1) is 0 Å². The van der Waals surface area contributed by atoms with Gasteiger partial charge in [-0.3, -0.25) is 4.57 Å². The molecule has 0 spiro atoms. The topological polar surface area (TPSA) is 50.9 Å². The fraction of sp³-hybridized carbons (Fsp3) is 0.250. The number of thioether (sulfide) groups is 1. The van der Waals surface area contributed by atoms with E-state index in [1.54, 1.807) is 12.3 Å². The van der Waals surface area contributed by atoms with Gasteiger partial charge in [0.25, 0.3) is 0 Å². The molecule has 3 heterocycles. The number of imidazole rings is 1. The SMILES string of the molecule is Oc1ccccc1-n1c(C2CCSC2)nc2cccnc21. The zero-order valence-electron chi connectivity index (χ0n) is 11.4. The molecule has 0 bridgehead atoms. The van der Waals surface area contributed by atoms with Crippen LogP contribution in [-0.4, -0.2) is 31.1 Å². The predicted octanol–water partition coefficient (Wildman–Crippen LogP) is 3.35. The van der Waals surface area contributed by atoms with E-state index in [0.29, 0.717) is 5.92 Å². The van der Waals surface area contributed by atoms with Gasteiger partial charge < -0.3 is 5.11 Å². The molecule has 0 radical (unpaired) electrons. The van der Waals surface area contributed by atoms with Gasteiger partial charge in [-0.15, -0.1) is 0 Å². The number of phenolic OH excluding ortho intramolecular Hbond substituents is 1. The summed E-state index contributed by atoms with van der Waals surface area (Å²) in [7, 11) is 0. The Morgan fingerprint density at radius 2 is 2.10 bits per heavy atom. The number of aromatic hydroxyl groups is 1. The molecule has 0 saturated carbocycles. The molecular weight excluding hydrogens is 282 g/mol. The maximum Gasteiger partial charge on any atom is 0.164 e. The summed E-state index contributed by atoms with van der Waals surface area (Å²) in [5.41, 5.74) is 2.45. The third-order valence-electron chi connectivity index (χ3n) is 3.86. The molecule has 3 aromatic rings. The standard InChI is InChI=1S/C16H15N3OS/c20-14-6-2-1-5-13(14)19-15(11-7-9-21-10-11)18-12-4-3-8-17-16(12)19/h1-6,8,11,20H,7,9-10H2. The molecule has 0 amide bonds. The quantitative estimate of drug-likeness (QED) is 0.788. The van der Waals surface area contributed by atoms with Crippen molar-refractivity contribution in [2.45, 2.75) is 12.3 Å². The minimum absolute atomic E-state index is 0.259. The monoisotopic (exact) mass is 297 g/mol. The van der Waals surface area contributed by atoms with Gasteiger partial charge in [0.1, 0.15) is 17.1 Å². The number of fused-ring (bicyclic) bond motifs is 1. The fourth-order valence-electron chi connectivity index (χ4n) is 2.83. The molecule has 0 aliphatic carbocycles. The van der Waals surface area contributed by atoms with E-state index < -0.39 is 0 Å². The highest BCUT2D eigenvalue weighted by Gasteiger charge is 2.26. The number of aromatic nitrogens is 3. The lowest BCUT2D eigenvalue weighted by atomic mass is 10.1. The predicted molar refractivity (Wildman–Crippen MR) is 85.2 cm³/mol. The van der Waals surface area contributed by atoms with Crippen molar-refractivity contribution in [1.82, 2.24) is 14.5 Å². The summed E-state index contributed by atoms with van der Waals surface area (Å²) in [5.74, 6) is 3.94. The van der Waals surface area contributed by atoms with Crippen LogP contribution in [0.3, 0.4) is 0 Å². The lowest BCUT2D eigenvalue weighted by Gasteiger charge is -2.13. The highest BCUT2D eigenvalue weighted by molar-refractivity contribution is 7.99. The van der Waals surface area contributed by atoms with Gasteiger partial charge in [0.2, 0.25) is 0 Å². The van der Waals surface area contributed by atoms with Gasteiger partial charge in [0.15, 0.2) is 5.65 Å². The molecule has 106 valence electrons. The molecule has 1 aromatic carbocycles. The number of rotatable bonds is 2. The van der Waals surface area contributed by atoms with Crippen molar-refractivity contribution in [3.05, 3.63) is 48.4 Å². The van der Waals surface area contributed by atoms with E-state index in [2.05, 4.69) is 4.98 Å². The lowest BCUT2D eigenvalue weighted by molar-refractivity contribution is 0.471. The maximum atomic E-state index is 10.2. The van der Waals surface area contributed by atoms with Crippen molar-refractivity contribution in [3.63, 3.8) is 0 Å². The number of benzene rings is 1. The molecule has 2 aromatic heterocycles. The second kappa shape index (κ2) is 5.07. The average Bonchev–Trinajstić information content (AvgIpc) is 3.15. The van der Waals surface area contributed by atoms with Crippen LogP contribution >= 0.6 is 11.8 Å². The van der Waals surface area contributed by atoms with Crippen molar-refractivity contribution in [2.24, 2.45) is 0 Å². The van der Waals surface area contributed by atoms with E-state index in [0.717, 1.165) is 34.8 Å². The summed E-state index contributed by atoms with van der Waals surface area (Å²) in [5, 5.41) is 10.2. The van der Waals surface area contributed by atoms with Crippen LogP contribution in [0.5, 0.6) is 5.75 Å². The minimum Gasteiger partial charge on any atom is -0.506 e. The van der Waals surface area contributed by atoms with E-state index in [1.807, 2.05) is 46.7 Å². The summed E-state index contributed by atoms with van der Waals surface area (Å²) >= 11 is 1.96. The molecule has 1 unspecified atom stereocenters. The molecule has 1 N–H and O–H groups in total. The molecule has 5 heteroatoms. The van der Waals surface area contributed by atoms with E-state index in [1.165, 1.54) is 5.75 Å².